The number of hydrogen-bond acceptors (Lipinski definition) is 4. The van der Waals surface area contributed by atoms with Crippen molar-refractivity contribution >= 4 is 23.4 Å². The Kier molecular flexibility index (Phi) is 4.20. The first-order valence-electron chi connectivity index (χ1n) is 7.06. The molecular formula is C15H15ClN4O3. The number of fused-ring (bicyclic) bond motifs is 1. The molecule has 1 aromatic heterocycles. The summed E-state index contributed by atoms with van der Waals surface area (Å²) in [4.78, 5) is 27.9. The number of nitrogens with zero attached hydrogens (tertiary/aromatic N) is 2. The summed E-state index contributed by atoms with van der Waals surface area (Å²) in [5, 5.41) is 5.80. The summed E-state index contributed by atoms with van der Waals surface area (Å²) in [5.74, 6) is 0.561. The van der Waals surface area contributed by atoms with Gasteiger partial charge in [0.05, 0.1) is 17.7 Å². The van der Waals surface area contributed by atoms with E-state index < -0.39 is 6.03 Å². The quantitative estimate of drug-likeness (QED) is 0.880. The Labute approximate surface area is 137 Å². The molecule has 2 heterocycles. The maximum absolute atomic E-state index is 12.2. The van der Waals surface area contributed by atoms with Gasteiger partial charge in [-0.05, 0) is 6.07 Å². The minimum atomic E-state index is -0.501. The molecule has 0 saturated carbocycles. The number of benzene rings is 1. The topological polar surface area (TPSA) is 85.2 Å². The molecule has 3 rings (SSSR count). The molecule has 0 spiro atoms. The molecule has 2 aromatic rings. The van der Waals surface area contributed by atoms with Gasteiger partial charge in [0.2, 0.25) is 5.82 Å². The number of halogens is 1. The van der Waals surface area contributed by atoms with E-state index in [-0.39, 0.29) is 17.4 Å². The first-order chi connectivity index (χ1) is 11.1. The molecule has 1 aromatic carbocycles. The molecule has 0 saturated heterocycles. The van der Waals surface area contributed by atoms with Gasteiger partial charge in [-0.25, -0.2) is 9.78 Å². The van der Waals surface area contributed by atoms with Crippen LogP contribution in [0.3, 0.4) is 0 Å². The Balaban J connectivity index is 1.76. The molecule has 8 heteroatoms. The summed E-state index contributed by atoms with van der Waals surface area (Å²) in [7, 11) is 1.59. The van der Waals surface area contributed by atoms with E-state index in [2.05, 4.69) is 15.6 Å². The van der Waals surface area contributed by atoms with Gasteiger partial charge < -0.3 is 14.6 Å². The van der Waals surface area contributed by atoms with Crippen molar-refractivity contribution in [1.82, 2.24) is 14.9 Å². The van der Waals surface area contributed by atoms with Crippen molar-refractivity contribution in [2.45, 2.75) is 12.5 Å². The number of carbonyl (C=O) groups is 1. The van der Waals surface area contributed by atoms with Crippen molar-refractivity contribution < 1.29 is 9.53 Å². The predicted molar refractivity (Wildman–Crippen MR) is 85.9 cm³/mol. The molecule has 1 aliphatic rings. The molecule has 0 bridgehead atoms. The number of hydrogen-bond donors (Lipinski definition) is 2. The lowest BCUT2D eigenvalue weighted by atomic mass is 10.0. The van der Waals surface area contributed by atoms with Gasteiger partial charge in [0.25, 0.3) is 5.56 Å². The van der Waals surface area contributed by atoms with E-state index in [1.807, 2.05) is 6.07 Å². The summed E-state index contributed by atoms with van der Waals surface area (Å²) in [5.41, 5.74) is 0.436. The highest BCUT2D eigenvalue weighted by Gasteiger charge is 2.25. The van der Waals surface area contributed by atoms with Crippen molar-refractivity contribution in [3.63, 3.8) is 0 Å². The Morgan fingerprint density at radius 2 is 2.30 bits per heavy atom. The zero-order valence-corrected chi connectivity index (χ0v) is 13.1. The average molecular weight is 335 g/mol. The molecule has 120 valence electrons. The fourth-order valence-electron chi connectivity index (χ4n) is 2.42. The molecule has 0 unspecified atom stereocenters. The van der Waals surface area contributed by atoms with Crippen LogP contribution in [-0.2, 0) is 7.05 Å². The van der Waals surface area contributed by atoms with E-state index in [0.29, 0.717) is 23.8 Å². The molecule has 1 aliphatic heterocycles. The lowest BCUT2D eigenvalue weighted by Gasteiger charge is -2.27. The normalized spacial score (nSPS) is 16.2. The van der Waals surface area contributed by atoms with Crippen LogP contribution >= 0.6 is 11.6 Å². The second kappa shape index (κ2) is 6.29. The summed E-state index contributed by atoms with van der Waals surface area (Å²) < 4.78 is 6.89. The minimum absolute atomic E-state index is 0.0223. The van der Waals surface area contributed by atoms with Gasteiger partial charge in [-0.3, -0.25) is 10.1 Å². The molecule has 1 atom stereocenters. The Hall–Kier alpha value is -2.54. The highest BCUT2D eigenvalue weighted by molar-refractivity contribution is 6.32. The van der Waals surface area contributed by atoms with Crippen LogP contribution in [0, 0.1) is 0 Å². The van der Waals surface area contributed by atoms with E-state index >= 15 is 0 Å². The smallest absolute Gasteiger partial charge is 0.321 e. The standard InChI is InChI=1S/C15H15ClN4O3/c1-20-7-6-17-13(14(20)21)19-15(22)18-11-5-8-23-12-9(11)3-2-4-10(12)16/h2-4,6-7,11H,5,8H2,1H3,(H2,17,18,19,22)/t11-/m0/s1. The second-order valence-electron chi connectivity index (χ2n) is 5.14. The summed E-state index contributed by atoms with van der Waals surface area (Å²) in [6, 6.07) is 4.64. The van der Waals surface area contributed by atoms with Crippen molar-refractivity contribution in [2.24, 2.45) is 7.05 Å². The van der Waals surface area contributed by atoms with Crippen LogP contribution in [-0.4, -0.2) is 22.2 Å². The molecule has 2 N–H and O–H groups in total. The number of aryl methyl sites for hydroxylation is 1. The monoisotopic (exact) mass is 334 g/mol. The van der Waals surface area contributed by atoms with Crippen LogP contribution in [0.5, 0.6) is 5.75 Å². The summed E-state index contributed by atoms with van der Waals surface area (Å²) in [6.45, 7) is 0.451. The maximum Gasteiger partial charge on any atom is 0.321 e. The van der Waals surface area contributed by atoms with E-state index in [1.165, 1.54) is 17.0 Å². The Morgan fingerprint density at radius 1 is 1.48 bits per heavy atom. The number of amides is 2. The maximum atomic E-state index is 12.2. The zero-order chi connectivity index (χ0) is 16.4. The SMILES string of the molecule is Cn1ccnc(NC(=O)N[C@H]2CCOc3c(Cl)cccc32)c1=O. The lowest BCUT2D eigenvalue weighted by Crippen LogP contribution is -2.37. The van der Waals surface area contributed by atoms with Gasteiger partial charge >= 0.3 is 6.03 Å². The number of nitrogens with one attached hydrogen (secondary N) is 2. The first kappa shape index (κ1) is 15.4. The van der Waals surface area contributed by atoms with Gasteiger partial charge in [0.1, 0.15) is 5.75 Å². The Bertz CT molecular complexity index is 806. The van der Waals surface area contributed by atoms with Gasteiger partial charge in [-0.15, -0.1) is 0 Å². The molecule has 2 amide bonds. The van der Waals surface area contributed by atoms with Crippen LogP contribution in [0.4, 0.5) is 10.6 Å². The highest BCUT2D eigenvalue weighted by atomic mass is 35.5. The summed E-state index contributed by atoms with van der Waals surface area (Å²) >= 11 is 6.10. The van der Waals surface area contributed by atoms with Gasteiger partial charge in [0.15, 0.2) is 0 Å². The van der Waals surface area contributed by atoms with Crippen LogP contribution < -0.4 is 20.9 Å². The van der Waals surface area contributed by atoms with Gasteiger partial charge in [-0.2, -0.15) is 0 Å². The highest BCUT2D eigenvalue weighted by Crippen LogP contribution is 2.37. The number of anilines is 1. The molecule has 0 fully saturated rings. The number of rotatable bonds is 2. The van der Waals surface area contributed by atoms with Crippen LogP contribution in [0.1, 0.15) is 18.0 Å². The number of ether oxygens (including phenoxy) is 1. The van der Waals surface area contributed by atoms with Crippen molar-refractivity contribution in [3.05, 3.63) is 51.5 Å². The number of carbonyl (C=O) groups excluding carboxylic acids is 1. The molecule has 23 heavy (non-hydrogen) atoms. The molecule has 0 aliphatic carbocycles. The van der Waals surface area contributed by atoms with Crippen molar-refractivity contribution in [3.8, 4) is 5.75 Å². The van der Waals surface area contributed by atoms with E-state index in [0.717, 1.165) is 5.56 Å². The van der Waals surface area contributed by atoms with Gasteiger partial charge in [0, 0.05) is 31.4 Å². The molecule has 0 radical (unpaired) electrons. The number of aromatic nitrogens is 2. The third kappa shape index (κ3) is 3.14. The van der Waals surface area contributed by atoms with E-state index in [1.54, 1.807) is 19.2 Å². The van der Waals surface area contributed by atoms with Crippen LogP contribution in [0.25, 0.3) is 0 Å². The first-order valence-corrected chi connectivity index (χ1v) is 7.44. The largest absolute Gasteiger partial charge is 0.492 e. The second-order valence-corrected chi connectivity index (χ2v) is 5.55. The summed E-state index contributed by atoms with van der Waals surface area (Å²) in [6.07, 6.45) is 3.57. The van der Waals surface area contributed by atoms with Crippen molar-refractivity contribution in [1.29, 1.82) is 0 Å². The molecular weight excluding hydrogens is 320 g/mol. The van der Waals surface area contributed by atoms with E-state index in [9.17, 15) is 9.59 Å². The Morgan fingerprint density at radius 3 is 3.13 bits per heavy atom. The van der Waals surface area contributed by atoms with Crippen LogP contribution in [0.15, 0.2) is 35.4 Å². The minimum Gasteiger partial charge on any atom is -0.492 e. The average Bonchev–Trinajstić information content (AvgIpc) is 2.53. The van der Waals surface area contributed by atoms with Gasteiger partial charge in [-0.1, -0.05) is 23.7 Å². The molecule has 7 nitrogen and oxygen atoms in total. The fraction of sp³-hybridized carbons (Fsp3) is 0.267. The third-order valence-corrected chi connectivity index (χ3v) is 3.88. The van der Waals surface area contributed by atoms with E-state index in [4.69, 9.17) is 16.3 Å². The number of para-hydroxylation sites is 1. The lowest BCUT2D eigenvalue weighted by molar-refractivity contribution is 0.232. The number of urea groups is 1. The van der Waals surface area contributed by atoms with Crippen LogP contribution in [0.2, 0.25) is 5.02 Å². The zero-order valence-electron chi connectivity index (χ0n) is 12.4. The third-order valence-electron chi connectivity index (χ3n) is 3.58. The predicted octanol–water partition coefficient (Wildman–Crippen LogP) is 2.08. The fourth-order valence-corrected chi connectivity index (χ4v) is 2.66. The van der Waals surface area contributed by atoms with Crippen molar-refractivity contribution in [2.75, 3.05) is 11.9 Å².